The number of aliphatic hydroxyl groups is 1. The predicted octanol–water partition coefficient (Wildman–Crippen LogP) is 1.36. The number of aliphatic hydroxyl groups excluding tert-OH is 1. The summed E-state index contributed by atoms with van der Waals surface area (Å²) in [5, 5.41) is 11.2. The fourth-order valence-corrected chi connectivity index (χ4v) is 8.74. The van der Waals surface area contributed by atoms with E-state index >= 15 is 0 Å². The van der Waals surface area contributed by atoms with Crippen molar-refractivity contribution in [1.82, 2.24) is 14.7 Å². The number of rotatable bonds is 6. The number of hydrogen-bond donors (Lipinski definition) is 1. The van der Waals surface area contributed by atoms with Gasteiger partial charge in [0.25, 0.3) is 0 Å². The Morgan fingerprint density at radius 3 is 2.38 bits per heavy atom. The van der Waals surface area contributed by atoms with E-state index in [1.54, 1.807) is 7.05 Å². The summed E-state index contributed by atoms with van der Waals surface area (Å²) in [6, 6.07) is 8.01. The van der Waals surface area contributed by atoms with Crippen LogP contribution in [0.15, 0.2) is 49.2 Å². The SMILES string of the molecule is C=C[I-]/C(=C1\C(=NC)[C@H](O)C[C@H]1C)N1CCN(C(=O)[C@@H](c2ccc(Cl)cc2)[C@@H]2CCC(C)(C)N2C)CC1. The molecule has 0 aromatic heterocycles. The standard InChI is InChI=1S/C29H41ClIN4O2/c1-7-31-27(24-19(2)18-23(36)26(24)32-5)34-14-16-35(17-15-34)28(37)25(20-8-10-21(30)11-9-20)22-12-13-29(3,4)33(22)6/h7-11,19,22-23,25,36H,1,12-18H2,2-6H3/q-1/b27-24+,32-26?/t19-,22+,23-,25+/m1/s1. The number of likely N-dealkylation sites (N-methyl/N-ethyl adjacent to an activating group) is 1. The Bertz CT molecular complexity index is 1060. The molecular weight excluding hydrogens is 599 g/mol. The fraction of sp³-hybridized carbons (Fsp3) is 0.586. The van der Waals surface area contributed by atoms with Crippen molar-refractivity contribution in [2.45, 2.75) is 63.6 Å². The van der Waals surface area contributed by atoms with Crippen LogP contribution in [-0.2, 0) is 4.79 Å². The number of piperazine rings is 1. The molecule has 0 bridgehead atoms. The maximum atomic E-state index is 14.2. The van der Waals surface area contributed by atoms with Crippen molar-refractivity contribution in [2.24, 2.45) is 10.9 Å². The molecule has 0 unspecified atom stereocenters. The molecule has 3 fully saturated rings. The summed E-state index contributed by atoms with van der Waals surface area (Å²) in [6.07, 6.45) is 2.31. The number of nitrogens with zero attached hydrogens (tertiary/aromatic N) is 4. The number of carbonyl (C=O) groups excluding carboxylic acids is 1. The van der Waals surface area contributed by atoms with Crippen LogP contribution in [0.2, 0.25) is 5.02 Å². The minimum absolute atomic E-state index is 0.0742. The van der Waals surface area contributed by atoms with E-state index in [9.17, 15) is 9.90 Å². The fourth-order valence-electron chi connectivity index (χ4n) is 6.18. The summed E-state index contributed by atoms with van der Waals surface area (Å²) in [6.45, 7) is 13.7. The van der Waals surface area contributed by atoms with E-state index in [4.69, 9.17) is 11.6 Å². The van der Waals surface area contributed by atoms with Gasteiger partial charge in [-0.25, -0.2) is 0 Å². The number of likely N-dealkylation sites (tertiary alicyclic amines) is 1. The first-order chi connectivity index (χ1) is 17.6. The molecule has 0 radical (unpaired) electrons. The monoisotopic (exact) mass is 639 g/mol. The van der Waals surface area contributed by atoms with Crippen LogP contribution in [0.25, 0.3) is 0 Å². The second-order valence-corrected chi connectivity index (χ2v) is 14.1. The van der Waals surface area contributed by atoms with Crippen LogP contribution in [0, 0.1) is 5.92 Å². The van der Waals surface area contributed by atoms with E-state index < -0.39 is 27.3 Å². The molecule has 2 saturated heterocycles. The van der Waals surface area contributed by atoms with Crippen molar-refractivity contribution in [3.8, 4) is 0 Å². The quantitative estimate of drug-likeness (QED) is 0.378. The molecule has 3 aliphatic rings. The van der Waals surface area contributed by atoms with Crippen molar-refractivity contribution in [2.75, 3.05) is 40.3 Å². The van der Waals surface area contributed by atoms with Gasteiger partial charge in [0.15, 0.2) is 0 Å². The van der Waals surface area contributed by atoms with Crippen molar-refractivity contribution in [3.05, 3.63) is 54.8 Å². The average molecular weight is 640 g/mol. The third-order valence-corrected chi connectivity index (χ3v) is 11.1. The molecular formula is C29H41ClIN4O2-. The van der Waals surface area contributed by atoms with Gasteiger partial charge >= 0.3 is 239 Å². The van der Waals surface area contributed by atoms with E-state index in [-0.39, 0.29) is 29.3 Å². The minimum atomic E-state index is -0.491. The van der Waals surface area contributed by atoms with E-state index in [2.05, 4.69) is 54.1 Å². The van der Waals surface area contributed by atoms with Gasteiger partial charge in [-0.2, -0.15) is 0 Å². The normalized spacial score (nSPS) is 29.7. The van der Waals surface area contributed by atoms with Gasteiger partial charge in [0.1, 0.15) is 0 Å². The molecule has 37 heavy (non-hydrogen) atoms. The third-order valence-electron chi connectivity index (χ3n) is 8.56. The molecule has 204 valence electrons. The summed E-state index contributed by atoms with van der Waals surface area (Å²) in [5.41, 5.74) is 3.16. The first-order valence-electron chi connectivity index (χ1n) is 13.2. The Morgan fingerprint density at radius 1 is 1.22 bits per heavy atom. The first-order valence-corrected chi connectivity index (χ1v) is 15.9. The van der Waals surface area contributed by atoms with E-state index in [1.165, 1.54) is 9.28 Å². The van der Waals surface area contributed by atoms with Crippen molar-refractivity contribution >= 4 is 23.2 Å². The Labute approximate surface area is 237 Å². The molecule has 1 N–H and O–H groups in total. The second kappa shape index (κ2) is 11.8. The molecule has 1 aliphatic carbocycles. The van der Waals surface area contributed by atoms with Crippen LogP contribution in [-0.4, -0.2) is 89.4 Å². The number of benzene rings is 1. The van der Waals surface area contributed by atoms with Gasteiger partial charge in [-0.3, -0.25) is 0 Å². The van der Waals surface area contributed by atoms with E-state index in [0.29, 0.717) is 18.1 Å². The number of carbonyl (C=O) groups is 1. The third kappa shape index (κ3) is 5.80. The van der Waals surface area contributed by atoms with Crippen molar-refractivity contribution in [1.29, 1.82) is 0 Å². The van der Waals surface area contributed by atoms with Gasteiger partial charge in [-0.1, -0.05) is 0 Å². The zero-order valence-corrected chi connectivity index (χ0v) is 25.7. The Hall–Kier alpha value is -1.42. The number of aliphatic imine (C=N–C) groups is 1. The molecule has 0 spiro atoms. The molecule has 6 nitrogen and oxygen atoms in total. The molecule has 8 heteroatoms. The number of halogens is 2. The van der Waals surface area contributed by atoms with Gasteiger partial charge in [0, 0.05) is 0 Å². The maximum absolute atomic E-state index is 14.2. The van der Waals surface area contributed by atoms with Crippen LogP contribution in [0.3, 0.4) is 0 Å². The van der Waals surface area contributed by atoms with Gasteiger partial charge in [0.05, 0.1) is 0 Å². The summed E-state index contributed by atoms with van der Waals surface area (Å²) < 4.78 is 3.34. The molecule has 1 aromatic carbocycles. The second-order valence-electron chi connectivity index (χ2n) is 11.1. The zero-order chi connectivity index (χ0) is 26.9. The van der Waals surface area contributed by atoms with E-state index in [0.717, 1.165) is 43.6 Å². The Morgan fingerprint density at radius 2 is 1.84 bits per heavy atom. The average Bonchev–Trinajstić information content (AvgIpc) is 3.31. The molecule has 2 heterocycles. The van der Waals surface area contributed by atoms with Crippen LogP contribution in [0.5, 0.6) is 0 Å². The topological polar surface area (TPSA) is 59.4 Å². The van der Waals surface area contributed by atoms with Crippen LogP contribution < -0.4 is 21.2 Å². The molecule has 4 rings (SSSR count). The molecule has 1 saturated carbocycles. The summed E-state index contributed by atoms with van der Waals surface area (Å²) in [5.74, 6) is 0.279. The van der Waals surface area contributed by atoms with Gasteiger partial charge in [-0.05, 0) is 0 Å². The number of hydrogen-bond acceptors (Lipinski definition) is 5. The zero-order valence-electron chi connectivity index (χ0n) is 22.8. The molecule has 1 amide bonds. The number of amides is 1. The van der Waals surface area contributed by atoms with Gasteiger partial charge in [-0.15, -0.1) is 0 Å². The summed E-state index contributed by atoms with van der Waals surface area (Å²) in [7, 11) is 3.93. The Kier molecular flexibility index (Phi) is 9.09. The summed E-state index contributed by atoms with van der Waals surface area (Å²) >= 11 is 5.79. The Balaban J connectivity index is 1.56. The van der Waals surface area contributed by atoms with Crippen LogP contribution in [0.4, 0.5) is 0 Å². The van der Waals surface area contributed by atoms with E-state index in [1.807, 2.05) is 28.3 Å². The van der Waals surface area contributed by atoms with Crippen molar-refractivity contribution in [3.63, 3.8) is 0 Å². The molecule has 2 aliphatic heterocycles. The van der Waals surface area contributed by atoms with Gasteiger partial charge in [0.2, 0.25) is 0 Å². The van der Waals surface area contributed by atoms with Crippen LogP contribution in [0.1, 0.15) is 51.5 Å². The van der Waals surface area contributed by atoms with Crippen molar-refractivity contribution < 1.29 is 31.1 Å². The van der Waals surface area contributed by atoms with Crippen LogP contribution >= 0.6 is 11.6 Å². The molecule has 1 aromatic rings. The first kappa shape index (κ1) is 28.6. The molecule has 4 atom stereocenters. The van der Waals surface area contributed by atoms with Gasteiger partial charge < -0.3 is 0 Å². The summed E-state index contributed by atoms with van der Waals surface area (Å²) in [4.78, 5) is 25.5. The predicted molar refractivity (Wildman–Crippen MR) is 148 cm³/mol.